The van der Waals surface area contributed by atoms with Crippen LogP contribution in [0.25, 0.3) is 44.2 Å². The Kier molecular flexibility index (Phi) is 6.57. The Labute approximate surface area is 331 Å². The Morgan fingerprint density at radius 2 is 0.982 bits per heavy atom. The highest BCUT2D eigenvalue weighted by Crippen LogP contribution is 2.69. The zero-order valence-electron chi connectivity index (χ0n) is 32.1. The number of anilines is 3. The van der Waals surface area contributed by atoms with Crippen LogP contribution in [0, 0.1) is 23.7 Å². The summed E-state index contributed by atoms with van der Waals surface area (Å²) in [6.45, 7) is 0. The standard InChI is InChI=1S/C55H47N/c1-2-12-37(13-3-1)42-23-25-53(47-17-5-4-14-43(42)47)56(41-20-22-46-44-15-6-8-18-49(44)54(52(46)34-41)26-10-11-27-54)40-21-24-51-48(33-40)45-16-7-9-19-50(45)55(51)38-29-35-28-36(31-38)32-39(55)30-35/h1-9,12-25,33-36,38-39H,10-11,26-32H2. The molecular formula is C55H47N. The second kappa shape index (κ2) is 11.6. The first-order valence-corrected chi connectivity index (χ1v) is 21.6. The first kappa shape index (κ1) is 31.8. The lowest BCUT2D eigenvalue weighted by atomic mass is 9.43. The Bertz CT molecular complexity index is 2700. The van der Waals surface area contributed by atoms with E-state index in [1.807, 2.05) is 0 Å². The molecule has 14 rings (SSSR count). The lowest BCUT2D eigenvalue weighted by molar-refractivity contribution is -0.0399. The molecule has 0 aromatic heterocycles. The molecule has 0 radical (unpaired) electrons. The van der Waals surface area contributed by atoms with Crippen molar-refractivity contribution in [3.63, 3.8) is 0 Å². The van der Waals surface area contributed by atoms with Crippen LogP contribution in [0.4, 0.5) is 17.1 Å². The van der Waals surface area contributed by atoms with Gasteiger partial charge in [0.2, 0.25) is 0 Å². The minimum atomic E-state index is 0.107. The van der Waals surface area contributed by atoms with Crippen molar-refractivity contribution < 1.29 is 0 Å². The molecule has 0 amide bonds. The first-order valence-electron chi connectivity index (χ1n) is 21.6. The molecule has 7 aromatic rings. The summed E-state index contributed by atoms with van der Waals surface area (Å²) in [5.74, 6) is 3.41. The lowest BCUT2D eigenvalue weighted by Gasteiger charge is -2.61. The predicted octanol–water partition coefficient (Wildman–Crippen LogP) is 14.5. The Morgan fingerprint density at radius 1 is 0.411 bits per heavy atom. The smallest absolute Gasteiger partial charge is 0.0540 e. The minimum absolute atomic E-state index is 0.107. The van der Waals surface area contributed by atoms with Crippen molar-refractivity contribution in [1.82, 2.24) is 0 Å². The first-order chi connectivity index (χ1) is 27.7. The van der Waals surface area contributed by atoms with Crippen LogP contribution in [0.5, 0.6) is 0 Å². The van der Waals surface area contributed by atoms with Crippen molar-refractivity contribution in [3.05, 3.63) is 174 Å². The largest absolute Gasteiger partial charge is 0.310 e. The fourth-order valence-corrected chi connectivity index (χ4v) is 14.2. The normalized spacial score (nSPS) is 25.4. The van der Waals surface area contributed by atoms with Gasteiger partial charge in [-0.25, -0.2) is 0 Å². The van der Waals surface area contributed by atoms with Crippen molar-refractivity contribution in [1.29, 1.82) is 0 Å². The molecule has 0 saturated heterocycles. The van der Waals surface area contributed by atoms with Crippen LogP contribution in [-0.4, -0.2) is 0 Å². The number of hydrogen-bond acceptors (Lipinski definition) is 1. The lowest BCUT2D eigenvalue weighted by Crippen LogP contribution is -2.55. The van der Waals surface area contributed by atoms with Gasteiger partial charge in [0, 0.05) is 27.6 Å². The molecule has 0 heterocycles. The van der Waals surface area contributed by atoms with Gasteiger partial charge in [0.05, 0.1) is 5.69 Å². The highest BCUT2D eigenvalue weighted by atomic mass is 15.1. The summed E-state index contributed by atoms with van der Waals surface area (Å²) in [5.41, 5.74) is 18.7. The average molecular weight is 722 g/mol. The molecular weight excluding hydrogens is 675 g/mol. The van der Waals surface area contributed by atoms with Crippen LogP contribution in [0.2, 0.25) is 0 Å². The molecule has 0 N–H and O–H groups in total. The second-order valence-electron chi connectivity index (χ2n) is 18.4. The van der Waals surface area contributed by atoms with Gasteiger partial charge in [-0.3, -0.25) is 0 Å². The maximum Gasteiger partial charge on any atom is 0.0540 e. The molecule has 0 unspecified atom stereocenters. The highest BCUT2D eigenvalue weighted by Gasteiger charge is 2.61. The quantitative estimate of drug-likeness (QED) is 0.175. The van der Waals surface area contributed by atoms with Crippen molar-refractivity contribution in [3.8, 4) is 33.4 Å². The molecule has 56 heavy (non-hydrogen) atoms. The molecule has 1 heteroatoms. The van der Waals surface area contributed by atoms with Crippen LogP contribution in [-0.2, 0) is 10.8 Å². The van der Waals surface area contributed by atoms with E-state index in [1.165, 1.54) is 125 Å². The number of hydrogen-bond donors (Lipinski definition) is 0. The summed E-state index contributed by atoms with van der Waals surface area (Å²) >= 11 is 0. The third-order valence-corrected chi connectivity index (χ3v) is 16.0. The van der Waals surface area contributed by atoms with E-state index in [-0.39, 0.29) is 10.8 Å². The van der Waals surface area contributed by atoms with Gasteiger partial charge >= 0.3 is 0 Å². The summed E-state index contributed by atoms with van der Waals surface area (Å²) in [6.07, 6.45) is 12.2. The molecule has 5 fully saturated rings. The van der Waals surface area contributed by atoms with E-state index < -0.39 is 0 Å². The molecule has 272 valence electrons. The molecule has 0 aliphatic heterocycles. The monoisotopic (exact) mass is 721 g/mol. The van der Waals surface area contributed by atoms with E-state index in [0.29, 0.717) is 0 Å². The van der Waals surface area contributed by atoms with Crippen LogP contribution >= 0.6 is 0 Å². The third kappa shape index (κ3) is 4.11. The van der Waals surface area contributed by atoms with Gasteiger partial charge in [0.25, 0.3) is 0 Å². The van der Waals surface area contributed by atoms with Crippen LogP contribution in [0.1, 0.15) is 80.0 Å². The topological polar surface area (TPSA) is 3.24 Å². The van der Waals surface area contributed by atoms with Gasteiger partial charge in [-0.2, -0.15) is 0 Å². The number of fused-ring (bicyclic) bond motifs is 9. The molecule has 0 atom stereocenters. The third-order valence-electron chi connectivity index (χ3n) is 16.0. The van der Waals surface area contributed by atoms with E-state index in [1.54, 1.807) is 16.7 Å². The zero-order chi connectivity index (χ0) is 36.6. The predicted molar refractivity (Wildman–Crippen MR) is 232 cm³/mol. The van der Waals surface area contributed by atoms with E-state index in [9.17, 15) is 0 Å². The fourth-order valence-electron chi connectivity index (χ4n) is 14.2. The van der Waals surface area contributed by atoms with Crippen LogP contribution in [0.3, 0.4) is 0 Å². The van der Waals surface area contributed by atoms with Crippen LogP contribution < -0.4 is 4.90 Å². The maximum atomic E-state index is 2.62. The molecule has 7 aliphatic rings. The minimum Gasteiger partial charge on any atom is -0.310 e. The zero-order valence-corrected chi connectivity index (χ0v) is 32.1. The summed E-state index contributed by atoms with van der Waals surface area (Å²) in [5, 5.41) is 2.58. The molecule has 7 aromatic carbocycles. The molecule has 4 bridgehead atoms. The highest BCUT2D eigenvalue weighted by molar-refractivity contribution is 6.06. The van der Waals surface area contributed by atoms with Gasteiger partial charge in [-0.1, -0.05) is 134 Å². The van der Waals surface area contributed by atoms with E-state index >= 15 is 0 Å². The van der Waals surface area contributed by atoms with Gasteiger partial charge in [-0.15, -0.1) is 0 Å². The van der Waals surface area contributed by atoms with E-state index in [4.69, 9.17) is 0 Å². The van der Waals surface area contributed by atoms with Crippen molar-refractivity contribution in [2.75, 3.05) is 4.90 Å². The van der Waals surface area contributed by atoms with Gasteiger partial charge in [0.1, 0.15) is 0 Å². The molecule has 7 aliphatic carbocycles. The Hall–Kier alpha value is -5.40. The molecule has 5 saturated carbocycles. The SMILES string of the molecule is c1ccc(-c2ccc(N(c3ccc4c(c3)-c3ccccc3C43C4CC5CC(C4)CC3C5)c3ccc4c(c3)C3(CCCC3)c3ccccc3-4)c3ccccc23)cc1. The summed E-state index contributed by atoms with van der Waals surface area (Å²) in [7, 11) is 0. The van der Waals surface area contributed by atoms with Gasteiger partial charge in [-0.05, 0) is 160 Å². The van der Waals surface area contributed by atoms with Crippen molar-refractivity contribution in [2.24, 2.45) is 23.7 Å². The number of benzene rings is 7. The van der Waals surface area contributed by atoms with Gasteiger partial charge in [0.15, 0.2) is 0 Å². The van der Waals surface area contributed by atoms with Gasteiger partial charge < -0.3 is 4.90 Å². The second-order valence-corrected chi connectivity index (χ2v) is 18.4. The Balaban J connectivity index is 1.05. The average Bonchev–Trinajstić information content (AvgIpc) is 3.93. The molecule has 1 nitrogen and oxygen atoms in total. The molecule has 2 spiro atoms. The maximum absolute atomic E-state index is 2.62. The van der Waals surface area contributed by atoms with Crippen LogP contribution in [0.15, 0.2) is 152 Å². The van der Waals surface area contributed by atoms with Crippen molar-refractivity contribution >= 4 is 27.8 Å². The van der Waals surface area contributed by atoms with E-state index in [0.717, 1.165) is 23.7 Å². The summed E-state index contributed by atoms with van der Waals surface area (Å²) in [6, 6.07) is 58.8. The fraction of sp³-hybridized carbons (Fsp3) is 0.273. The van der Waals surface area contributed by atoms with Crippen molar-refractivity contribution in [2.45, 2.75) is 68.6 Å². The summed E-state index contributed by atoms with van der Waals surface area (Å²) in [4.78, 5) is 2.62. The Morgan fingerprint density at radius 3 is 1.75 bits per heavy atom. The number of rotatable bonds is 4. The summed E-state index contributed by atoms with van der Waals surface area (Å²) < 4.78 is 0. The van der Waals surface area contributed by atoms with E-state index in [2.05, 4.69) is 157 Å². The number of nitrogens with zero attached hydrogens (tertiary/aromatic N) is 1.